The van der Waals surface area contributed by atoms with Gasteiger partial charge >= 0.3 is 5.97 Å². The molecule has 0 heterocycles. The van der Waals surface area contributed by atoms with Gasteiger partial charge in [-0.05, 0) is 25.6 Å². The smallest absolute Gasteiger partial charge is 0.324 e. The largest absolute Gasteiger partial charge is 0.462 e. The van der Waals surface area contributed by atoms with Gasteiger partial charge in [0.25, 0.3) is 0 Å². The van der Waals surface area contributed by atoms with Crippen molar-refractivity contribution in [3.05, 3.63) is 0 Å². The summed E-state index contributed by atoms with van der Waals surface area (Å²) in [6, 6.07) is -0.505. The molecule has 0 fully saturated rings. The van der Waals surface area contributed by atoms with E-state index in [2.05, 4.69) is 4.84 Å². The number of carbonyl (C=O) groups excluding carboxylic acids is 1. The van der Waals surface area contributed by atoms with Gasteiger partial charge in [0.2, 0.25) is 0 Å². The molecule has 0 aliphatic heterocycles. The molecule has 0 amide bonds. The van der Waals surface area contributed by atoms with Gasteiger partial charge < -0.3 is 14.2 Å². The SMILES string of the molecule is CCOCCOCCOC(=O)[C@H](C)NCl. The van der Waals surface area contributed by atoms with Crippen molar-refractivity contribution in [1.29, 1.82) is 0 Å². The molecule has 0 unspecified atom stereocenters. The number of carbonyl (C=O) groups is 1. The lowest BCUT2D eigenvalue weighted by atomic mass is 10.4. The zero-order valence-electron chi connectivity index (χ0n) is 9.12. The Morgan fingerprint density at radius 3 is 2.47 bits per heavy atom. The van der Waals surface area contributed by atoms with Gasteiger partial charge in [0.15, 0.2) is 0 Å². The predicted molar refractivity (Wildman–Crippen MR) is 56.7 cm³/mol. The molecule has 1 atom stereocenters. The fraction of sp³-hybridized carbons (Fsp3) is 0.889. The van der Waals surface area contributed by atoms with Crippen molar-refractivity contribution in [2.24, 2.45) is 0 Å². The molecule has 0 radical (unpaired) electrons. The lowest BCUT2D eigenvalue weighted by Crippen LogP contribution is -2.30. The second kappa shape index (κ2) is 10.2. The van der Waals surface area contributed by atoms with E-state index in [4.69, 9.17) is 26.0 Å². The molecule has 90 valence electrons. The van der Waals surface area contributed by atoms with Crippen molar-refractivity contribution in [3.8, 4) is 0 Å². The Labute approximate surface area is 95.1 Å². The molecule has 0 saturated heterocycles. The van der Waals surface area contributed by atoms with Crippen molar-refractivity contribution in [1.82, 2.24) is 4.84 Å². The van der Waals surface area contributed by atoms with Crippen LogP contribution in [-0.2, 0) is 19.0 Å². The standard InChI is InChI=1S/C9H18ClNO4/c1-3-13-4-5-14-6-7-15-9(12)8(2)11-10/h8,11H,3-7H2,1-2H3/t8-/m0/s1. The van der Waals surface area contributed by atoms with Crippen LogP contribution >= 0.6 is 11.8 Å². The first-order valence-electron chi connectivity index (χ1n) is 4.90. The third-order valence-electron chi connectivity index (χ3n) is 1.57. The third kappa shape index (κ3) is 8.62. The summed E-state index contributed by atoms with van der Waals surface area (Å²) in [6.07, 6.45) is 0. The van der Waals surface area contributed by atoms with E-state index in [1.165, 1.54) is 0 Å². The number of halogens is 1. The summed E-state index contributed by atoms with van der Waals surface area (Å²) in [5.74, 6) is -0.390. The van der Waals surface area contributed by atoms with Crippen molar-refractivity contribution < 1.29 is 19.0 Å². The number of rotatable bonds is 9. The fourth-order valence-electron chi connectivity index (χ4n) is 0.735. The molecule has 0 rings (SSSR count). The number of esters is 1. The first kappa shape index (κ1) is 14.6. The average molecular weight is 240 g/mol. The molecule has 0 aromatic heterocycles. The molecule has 0 spiro atoms. The highest BCUT2D eigenvalue weighted by Gasteiger charge is 2.11. The second-order valence-electron chi connectivity index (χ2n) is 2.81. The van der Waals surface area contributed by atoms with Gasteiger partial charge in [-0.15, -0.1) is 0 Å². The number of hydrogen-bond donors (Lipinski definition) is 1. The number of hydrogen-bond acceptors (Lipinski definition) is 5. The highest BCUT2D eigenvalue weighted by atomic mass is 35.5. The van der Waals surface area contributed by atoms with Gasteiger partial charge in [-0.1, -0.05) is 0 Å². The van der Waals surface area contributed by atoms with Crippen LogP contribution in [0.5, 0.6) is 0 Å². The molecule has 0 saturated carbocycles. The maximum Gasteiger partial charge on any atom is 0.324 e. The Morgan fingerprint density at radius 1 is 1.27 bits per heavy atom. The minimum absolute atomic E-state index is 0.230. The molecule has 15 heavy (non-hydrogen) atoms. The van der Waals surface area contributed by atoms with Crippen molar-refractivity contribution in [3.63, 3.8) is 0 Å². The van der Waals surface area contributed by atoms with Crippen LogP contribution in [0.2, 0.25) is 0 Å². The van der Waals surface area contributed by atoms with E-state index in [0.29, 0.717) is 26.4 Å². The molecular weight excluding hydrogens is 222 g/mol. The highest BCUT2D eigenvalue weighted by molar-refractivity contribution is 6.14. The van der Waals surface area contributed by atoms with E-state index >= 15 is 0 Å². The average Bonchev–Trinajstić information content (AvgIpc) is 2.26. The Balaban J connectivity index is 3.20. The maximum atomic E-state index is 11.1. The summed E-state index contributed by atoms with van der Waals surface area (Å²) < 4.78 is 15.0. The minimum Gasteiger partial charge on any atom is -0.462 e. The molecule has 6 heteroatoms. The van der Waals surface area contributed by atoms with Crippen LogP contribution in [0, 0.1) is 0 Å². The van der Waals surface area contributed by atoms with Crippen LogP contribution in [0.1, 0.15) is 13.8 Å². The highest BCUT2D eigenvalue weighted by Crippen LogP contribution is 1.89. The van der Waals surface area contributed by atoms with Gasteiger partial charge in [-0.2, -0.15) is 0 Å². The van der Waals surface area contributed by atoms with Gasteiger partial charge in [0.05, 0.1) is 19.8 Å². The molecule has 0 bridgehead atoms. The molecule has 0 aromatic carbocycles. The summed E-state index contributed by atoms with van der Waals surface area (Å²) in [5.41, 5.74) is 0. The van der Waals surface area contributed by atoms with Gasteiger partial charge in [-0.3, -0.25) is 4.79 Å². The topological polar surface area (TPSA) is 56.8 Å². The zero-order chi connectivity index (χ0) is 11.5. The van der Waals surface area contributed by atoms with Crippen molar-refractivity contribution >= 4 is 17.7 Å². The van der Waals surface area contributed by atoms with Crippen LogP contribution in [0.25, 0.3) is 0 Å². The van der Waals surface area contributed by atoms with Gasteiger partial charge in [0.1, 0.15) is 12.6 Å². The van der Waals surface area contributed by atoms with Gasteiger partial charge in [0, 0.05) is 6.61 Å². The Morgan fingerprint density at radius 2 is 1.87 bits per heavy atom. The summed E-state index contributed by atoms with van der Waals surface area (Å²) in [6.45, 7) is 5.88. The second-order valence-corrected chi connectivity index (χ2v) is 3.03. The van der Waals surface area contributed by atoms with Gasteiger partial charge in [-0.25, -0.2) is 4.84 Å². The van der Waals surface area contributed by atoms with Crippen molar-refractivity contribution in [2.75, 3.05) is 33.0 Å². The Bertz CT molecular complexity index is 168. The lowest BCUT2D eigenvalue weighted by Gasteiger charge is -2.09. The zero-order valence-corrected chi connectivity index (χ0v) is 9.88. The molecule has 1 N–H and O–H groups in total. The number of nitrogens with one attached hydrogen (secondary N) is 1. The number of ether oxygens (including phenoxy) is 3. The maximum absolute atomic E-state index is 11.1. The van der Waals surface area contributed by atoms with E-state index < -0.39 is 12.0 Å². The normalized spacial score (nSPS) is 12.5. The van der Waals surface area contributed by atoms with Crippen LogP contribution in [0.3, 0.4) is 0 Å². The van der Waals surface area contributed by atoms with E-state index in [1.807, 2.05) is 6.92 Å². The van der Waals surface area contributed by atoms with E-state index in [9.17, 15) is 4.79 Å². The van der Waals surface area contributed by atoms with E-state index in [1.54, 1.807) is 6.92 Å². The quantitative estimate of drug-likeness (QED) is 0.365. The third-order valence-corrected chi connectivity index (χ3v) is 1.89. The summed E-state index contributed by atoms with van der Waals surface area (Å²) >= 11 is 5.25. The predicted octanol–water partition coefficient (Wildman–Crippen LogP) is 0.715. The molecule has 0 aliphatic carbocycles. The van der Waals surface area contributed by atoms with Crippen LogP contribution < -0.4 is 4.84 Å². The molecule has 0 aliphatic rings. The minimum atomic E-state index is -0.505. The summed E-state index contributed by atoms with van der Waals surface area (Å²) in [4.78, 5) is 13.3. The first-order chi connectivity index (χ1) is 7.22. The lowest BCUT2D eigenvalue weighted by molar-refractivity contribution is -0.146. The van der Waals surface area contributed by atoms with Crippen LogP contribution in [0.15, 0.2) is 0 Å². The fourth-order valence-corrected chi connectivity index (χ4v) is 0.824. The van der Waals surface area contributed by atoms with E-state index in [0.717, 1.165) is 0 Å². The molecule has 0 aromatic rings. The molecule has 5 nitrogen and oxygen atoms in total. The molecular formula is C9H18ClNO4. The summed E-state index contributed by atoms with van der Waals surface area (Å²) in [7, 11) is 0. The first-order valence-corrected chi connectivity index (χ1v) is 5.28. The van der Waals surface area contributed by atoms with Crippen LogP contribution in [-0.4, -0.2) is 45.0 Å². The van der Waals surface area contributed by atoms with Crippen LogP contribution in [0.4, 0.5) is 0 Å². The summed E-state index contributed by atoms with van der Waals surface area (Å²) in [5, 5.41) is 0. The Kier molecular flexibility index (Phi) is 9.92. The van der Waals surface area contributed by atoms with Crippen molar-refractivity contribution in [2.45, 2.75) is 19.9 Å². The monoisotopic (exact) mass is 239 g/mol. The van der Waals surface area contributed by atoms with E-state index in [-0.39, 0.29) is 6.61 Å². The Hall–Kier alpha value is -0.360.